The van der Waals surface area contributed by atoms with E-state index in [0.717, 1.165) is 32.1 Å². The highest BCUT2D eigenvalue weighted by molar-refractivity contribution is 5.04. The fraction of sp³-hybridized carbons (Fsp3) is 1.00. The minimum Gasteiger partial charge on any atom is -0.387 e. The third-order valence-corrected chi connectivity index (χ3v) is 4.36. The molecule has 1 saturated heterocycles. The molecule has 3 aliphatic rings. The van der Waals surface area contributed by atoms with Crippen LogP contribution in [0.3, 0.4) is 0 Å². The second kappa shape index (κ2) is 4.40. The summed E-state index contributed by atoms with van der Waals surface area (Å²) < 4.78 is 11.6. The van der Waals surface area contributed by atoms with Gasteiger partial charge >= 0.3 is 0 Å². The minimum atomic E-state index is -1.40. The Balaban J connectivity index is 1.82. The van der Waals surface area contributed by atoms with Crippen LogP contribution >= 0.6 is 0 Å². The molecule has 0 aromatic heterocycles. The van der Waals surface area contributed by atoms with Crippen molar-refractivity contribution in [2.75, 3.05) is 0 Å². The highest BCUT2D eigenvalue weighted by atomic mass is 16.8. The molecule has 0 bridgehead atoms. The largest absolute Gasteiger partial charge is 0.387 e. The van der Waals surface area contributed by atoms with Gasteiger partial charge in [0.25, 0.3) is 0 Å². The number of fused-ring (bicyclic) bond motifs is 1. The zero-order valence-corrected chi connectivity index (χ0v) is 10.1. The second-order valence-corrected chi connectivity index (χ2v) is 5.60. The van der Waals surface area contributed by atoms with E-state index in [1.165, 1.54) is 0 Å². The topological polar surface area (TPSA) is 99.4 Å². The van der Waals surface area contributed by atoms with Crippen molar-refractivity contribution in [3.63, 3.8) is 0 Å². The van der Waals surface area contributed by atoms with E-state index in [9.17, 15) is 20.4 Å². The van der Waals surface area contributed by atoms with Crippen LogP contribution in [0, 0.1) is 0 Å². The molecule has 6 heteroatoms. The van der Waals surface area contributed by atoms with Gasteiger partial charge in [-0.15, -0.1) is 0 Å². The first-order valence-corrected chi connectivity index (χ1v) is 6.62. The molecule has 0 radical (unpaired) electrons. The first kappa shape index (κ1) is 12.8. The van der Waals surface area contributed by atoms with Gasteiger partial charge in [-0.3, -0.25) is 0 Å². The highest BCUT2D eigenvalue weighted by Gasteiger charge is 2.59. The number of hydrogen-bond acceptors (Lipinski definition) is 6. The molecule has 6 atom stereocenters. The van der Waals surface area contributed by atoms with Gasteiger partial charge in [0.2, 0.25) is 0 Å². The van der Waals surface area contributed by atoms with Gasteiger partial charge in [0.05, 0.1) is 0 Å². The zero-order chi connectivity index (χ0) is 12.9. The van der Waals surface area contributed by atoms with Crippen molar-refractivity contribution in [2.24, 2.45) is 0 Å². The van der Waals surface area contributed by atoms with E-state index in [1.54, 1.807) is 0 Å². The molecule has 3 rings (SSSR count). The lowest BCUT2D eigenvalue weighted by atomic mass is 9.85. The van der Waals surface area contributed by atoms with Gasteiger partial charge in [0.1, 0.15) is 36.6 Å². The van der Waals surface area contributed by atoms with E-state index in [4.69, 9.17) is 9.47 Å². The molecular weight excluding hydrogens is 240 g/mol. The summed E-state index contributed by atoms with van der Waals surface area (Å²) in [6.07, 6.45) is -2.24. The van der Waals surface area contributed by atoms with Crippen LogP contribution in [0.5, 0.6) is 0 Å². The van der Waals surface area contributed by atoms with Crippen molar-refractivity contribution in [2.45, 2.75) is 74.5 Å². The molecule has 0 aromatic rings. The number of aliphatic hydroxyl groups is 4. The van der Waals surface area contributed by atoms with E-state index < -0.39 is 42.4 Å². The maximum atomic E-state index is 9.92. The molecule has 0 unspecified atom stereocenters. The predicted molar refractivity (Wildman–Crippen MR) is 59.6 cm³/mol. The summed E-state index contributed by atoms with van der Waals surface area (Å²) in [5, 5.41) is 39.2. The van der Waals surface area contributed by atoms with Crippen LogP contribution < -0.4 is 0 Å². The van der Waals surface area contributed by atoms with Crippen molar-refractivity contribution in [3.05, 3.63) is 0 Å². The lowest BCUT2D eigenvalue weighted by Gasteiger charge is -2.38. The van der Waals surface area contributed by atoms with Crippen LogP contribution in [0.15, 0.2) is 0 Å². The molecule has 3 fully saturated rings. The van der Waals surface area contributed by atoms with Crippen LogP contribution in [-0.2, 0) is 9.47 Å². The Labute approximate surface area is 105 Å². The average Bonchev–Trinajstić information content (AvgIpc) is 2.74. The van der Waals surface area contributed by atoms with Crippen LogP contribution in [0.25, 0.3) is 0 Å². The molecule has 6 nitrogen and oxygen atoms in total. The fourth-order valence-electron chi connectivity index (χ4n) is 3.30. The Morgan fingerprint density at radius 1 is 0.667 bits per heavy atom. The summed E-state index contributed by atoms with van der Waals surface area (Å²) in [5.74, 6) is -0.751. The molecule has 104 valence electrons. The van der Waals surface area contributed by atoms with Gasteiger partial charge in [-0.1, -0.05) is 6.42 Å². The Kier molecular flexibility index (Phi) is 3.12. The summed E-state index contributed by atoms with van der Waals surface area (Å²) in [5.41, 5.74) is 0. The van der Waals surface area contributed by atoms with Crippen LogP contribution in [0.4, 0.5) is 0 Å². The molecule has 2 aliphatic carbocycles. The lowest BCUT2D eigenvalue weighted by molar-refractivity contribution is -0.203. The van der Waals surface area contributed by atoms with Crippen molar-refractivity contribution in [3.8, 4) is 0 Å². The monoisotopic (exact) mass is 260 g/mol. The third kappa shape index (κ3) is 1.79. The molecule has 4 N–H and O–H groups in total. The van der Waals surface area contributed by atoms with Gasteiger partial charge in [-0.2, -0.15) is 0 Å². The Morgan fingerprint density at radius 2 is 1.11 bits per heavy atom. The smallest absolute Gasteiger partial charge is 0.169 e. The fourth-order valence-corrected chi connectivity index (χ4v) is 3.30. The molecule has 0 aromatic carbocycles. The Morgan fingerprint density at radius 3 is 1.56 bits per heavy atom. The summed E-state index contributed by atoms with van der Waals surface area (Å²) in [7, 11) is 0. The normalized spacial score (nSPS) is 51.3. The summed E-state index contributed by atoms with van der Waals surface area (Å²) in [6.45, 7) is 0. The van der Waals surface area contributed by atoms with E-state index in [2.05, 4.69) is 0 Å². The second-order valence-electron chi connectivity index (χ2n) is 5.60. The standard InChI is InChI=1S/C12H20O6/c13-6-7(14)9(16)11-10(8(6)15)17-12(18-11)4-2-1-3-5-12/h6-11,13-16H,1-5H2/t6-,7-,8-,9+,10+,11-/m0/s1. The third-order valence-electron chi connectivity index (χ3n) is 4.36. The minimum absolute atomic E-state index is 0.728. The van der Waals surface area contributed by atoms with Crippen molar-refractivity contribution >= 4 is 0 Å². The number of rotatable bonds is 0. The molecule has 1 heterocycles. The molecule has 0 amide bonds. The van der Waals surface area contributed by atoms with Gasteiger partial charge in [0, 0.05) is 12.8 Å². The van der Waals surface area contributed by atoms with Gasteiger partial charge in [-0.25, -0.2) is 0 Å². The predicted octanol–water partition coefficient (Wildman–Crippen LogP) is -1.11. The quantitative estimate of drug-likeness (QED) is 0.441. The lowest BCUT2D eigenvalue weighted by Crippen LogP contribution is -2.62. The SMILES string of the molecule is O[C@H]1[C@H](O)[C@H](O)[C@H]2OC3(CCCCC3)O[C@H]2[C@@H]1O. The van der Waals surface area contributed by atoms with Crippen LogP contribution in [0.2, 0.25) is 0 Å². The molecule has 18 heavy (non-hydrogen) atoms. The molecule has 2 saturated carbocycles. The van der Waals surface area contributed by atoms with Gasteiger partial charge < -0.3 is 29.9 Å². The Bertz CT molecular complexity index is 292. The average molecular weight is 260 g/mol. The van der Waals surface area contributed by atoms with Crippen LogP contribution in [0.1, 0.15) is 32.1 Å². The summed E-state index contributed by atoms with van der Waals surface area (Å²) >= 11 is 0. The maximum absolute atomic E-state index is 9.92. The molecular formula is C12H20O6. The van der Waals surface area contributed by atoms with E-state index in [0.29, 0.717) is 0 Å². The van der Waals surface area contributed by atoms with Crippen molar-refractivity contribution in [1.29, 1.82) is 0 Å². The first-order valence-electron chi connectivity index (χ1n) is 6.62. The Hall–Kier alpha value is -0.240. The van der Waals surface area contributed by atoms with E-state index in [1.807, 2.05) is 0 Å². The van der Waals surface area contributed by atoms with Crippen molar-refractivity contribution in [1.82, 2.24) is 0 Å². The van der Waals surface area contributed by atoms with Crippen molar-refractivity contribution < 1.29 is 29.9 Å². The molecule has 1 spiro atoms. The van der Waals surface area contributed by atoms with Crippen LogP contribution in [-0.4, -0.2) is 62.8 Å². The summed E-state index contributed by atoms with van der Waals surface area (Å²) in [6, 6.07) is 0. The first-order chi connectivity index (χ1) is 8.54. The number of aliphatic hydroxyl groups excluding tert-OH is 4. The highest BCUT2D eigenvalue weighted by Crippen LogP contribution is 2.44. The molecule has 1 aliphatic heterocycles. The number of ether oxygens (including phenoxy) is 2. The maximum Gasteiger partial charge on any atom is 0.169 e. The van der Waals surface area contributed by atoms with E-state index in [-0.39, 0.29) is 0 Å². The zero-order valence-electron chi connectivity index (χ0n) is 10.1. The van der Waals surface area contributed by atoms with Gasteiger partial charge in [0.15, 0.2) is 5.79 Å². The van der Waals surface area contributed by atoms with Gasteiger partial charge in [-0.05, 0) is 12.8 Å². The number of hydrogen-bond donors (Lipinski definition) is 4. The van der Waals surface area contributed by atoms with E-state index >= 15 is 0 Å². The summed E-state index contributed by atoms with van der Waals surface area (Å²) in [4.78, 5) is 0.